The van der Waals surface area contributed by atoms with Crippen LogP contribution in [-0.2, 0) is 10.0 Å². The van der Waals surface area contributed by atoms with Crippen molar-refractivity contribution in [3.8, 4) is 0 Å². The minimum absolute atomic E-state index is 0.0182. The van der Waals surface area contributed by atoms with Crippen molar-refractivity contribution in [3.63, 3.8) is 0 Å². The van der Waals surface area contributed by atoms with E-state index >= 15 is 0 Å². The van der Waals surface area contributed by atoms with E-state index in [1.165, 1.54) is 15.4 Å². The third kappa shape index (κ3) is 4.28. The van der Waals surface area contributed by atoms with E-state index in [9.17, 15) is 8.42 Å². The van der Waals surface area contributed by atoms with Crippen molar-refractivity contribution in [2.45, 2.75) is 70.1 Å². The summed E-state index contributed by atoms with van der Waals surface area (Å²) < 4.78 is 27.1. The Morgan fingerprint density at radius 3 is 2.56 bits per heavy atom. The standard InChI is InChI=1S/C23H32N6O2S/c1-16-14-28(15-17(2)25-16)20-9-7-19(8-10-20)26-23-24-13-18-11-12-32(30,31)29(22(18)27-23)21-5-3-4-6-21/h7,9-13,16-17,19,21,25H,3-6,8,14-15H2,1-2H3,(H,24,26,27). The number of allylic oxidation sites excluding steroid dienone is 1. The molecule has 1 saturated heterocycles. The highest BCUT2D eigenvalue weighted by Gasteiger charge is 2.35. The highest BCUT2D eigenvalue weighted by Crippen LogP contribution is 2.36. The van der Waals surface area contributed by atoms with Gasteiger partial charge in [0.2, 0.25) is 5.95 Å². The molecule has 0 amide bonds. The van der Waals surface area contributed by atoms with Gasteiger partial charge in [0, 0.05) is 48.7 Å². The number of sulfonamides is 1. The minimum Gasteiger partial charge on any atom is -0.369 e. The highest BCUT2D eigenvalue weighted by molar-refractivity contribution is 7.95. The molecular formula is C23H32N6O2S. The fourth-order valence-corrected chi connectivity index (χ4v) is 6.73. The normalized spacial score (nSPS) is 29.7. The molecule has 1 aromatic heterocycles. The smallest absolute Gasteiger partial charge is 0.258 e. The molecule has 2 aliphatic carbocycles. The maximum absolute atomic E-state index is 12.8. The Hall–Kier alpha value is -2.39. The number of aromatic nitrogens is 2. The molecule has 2 N–H and O–H groups in total. The first-order chi connectivity index (χ1) is 15.4. The molecule has 3 unspecified atom stereocenters. The first kappa shape index (κ1) is 21.5. The van der Waals surface area contributed by atoms with Gasteiger partial charge in [0.25, 0.3) is 10.0 Å². The number of rotatable bonds is 4. The molecule has 8 nitrogen and oxygen atoms in total. The van der Waals surface area contributed by atoms with E-state index in [0.29, 0.717) is 23.8 Å². The number of nitrogens with one attached hydrogen (secondary N) is 2. The molecule has 9 heteroatoms. The molecule has 1 saturated carbocycles. The van der Waals surface area contributed by atoms with Crippen LogP contribution in [0.25, 0.3) is 6.08 Å². The van der Waals surface area contributed by atoms with Gasteiger partial charge in [-0.2, -0.15) is 4.98 Å². The zero-order valence-electron chi connectivity index (χ0n) is 18.7. The molecule has 172 valence electrons. The lowest BCUT2D eigenvalue weighted by Crippen LogP contribution is -2.53. The van der Waals surface area contributed by atoms with Crippen LogP contribution < -0.4 is 14.9 Å². The van der Waals surface area contributed by atoms with Gasteiger partial charge in [0.05, 0.1) is 11.4 Å². The molecule has 1 aromatic rings. The van der Waals surface area contributed by atoms with Crippen LogP contribution in [0, 0.1) is 0 Å². The van der Waals surface area contributed by atoms with Crippen molar-refractivity contribution >= 4 is 27.9 Å². The Labute approximate surface area is 190 Å². The van der Waals surface area contributed by atoms with Gasteiger partial charge in [-0.15, -0.1) is 0 Å². The molecule has 5 rings (SSSR count). The van der Waals surface area contributed by atoms with E-state index in [4.69, 9.17) is 0 Å². The molecule has 32 heavy (non-hydrogen) atoms. The predicted molar refractivity (Wildman–Crippen MR) is 128 cm³/mol. The molecule has 4 aliphatic rings. The highest BCUT2D eigenvalue weighted by atomic mass is 32.2. The summed E-state index contributed by atoms with van der Waals surface area (Å²) >= 11 is 0. The zero-order chi connectivity index (χ0) is 22.3. The lowest BCUT2D eigenvalue weighted by molar-refractivity contribution is 0.219. The molecule has 2 fully saturated rings. The number of hydrogen-bond acceptors (Lipinski definition) is 7. The molecule has 0 aromatic carbocycles. The van der Waals surface area contributed by atoms with Gasteiger partial charge >= 0.3 is 0 Å². The summed E-state index contributed by atoms with van der Waals surface area (Å²) in [6, 6.07) is 1.00. The minimum atomic E-state index is -3.50. The summed E-state index contributed by atoms with van der Waals surface area (Å²) in [6.45, 7) is 6.45. The summed E-state index contributed by atoms with van der Waals surface area (Å²) in [6.07, 6.45) is 14.6. The average Bonchev–Trinajstić information content (AvgIpc) is 3.27. The first-order valence-electron chi connectivity index (χ1n) is 11.6. The fourth-order valence-electron chi connectivity index (χ4n) is 5.26. The van der Waals surface area contributed by atoms with Crippen LogP contribution in [-0.4, -0.2) is 60.5 Å². The molecule has 0 radical (unpaired) electrons. The monoisotopic (exact) mass is 456 g/mol. The molecule has 2 aliphatic heterocycles. The lowest BCUT2D eigenvalue weighted by Gasteiger charge is -2.39. The lowest BCUT2D eigenvalue weighted by atomic mass is 10.0. The quantitative estimate of drug-likeness (QED) is 0.720. The zero-order valence-corrected chi connectivity index (χ0v) is 19.6. The summed E-state index contributed by atoms with van der Waals surface area (Å²) in [7, 11) is -3.50. The van der Waals surface area contributed by atoms with Crippen molar-refractivity contribution in [3.05, 3.63) is 41.1 Å². The summed E-state index contributed by atoms with van der Waals surface area (Å²) in [5, 5.41) is 8.23. The predicted octanol–water partition coefficient (Wildman–Crippen LogP) is 2.85. The molecule has 0 spiro atoms. The van der Waals surface area contributed by atoms with Crippen LogP contribution in [0.15, 0.2) is 35.5 Å². The second kappa shape index (κ2) is 8.51. The van der Waals surface area contributed by atoms with Gasteiger partial charge in [-0.3, -0.25) is 0 Å². The molecule has 0 bridgehead atoms. The summed E-state index contributed by atoms with van der Waals surface area (Å²) in [5.74, 6) is 0.963. The second-order valence-electron chi connectivity index (χ2n) is 9.40. The van der Waals surface area contributed by atoms with Crippen molar-refractivity contribution in [2.24, 2.45) is 0 Å². The van der Waals surface area contributed by atoms with Crippen molar-refractivity contribution in [2.75, 3.05) is 22.7 Å². The molecule has 3 heterocycles. The Balaban J connectivity index is 1.30. The largest absolute Gasteiger partial charge is 0.369 e. The Morgan fingerprint density at radius 1 is 1.12 bits per heavy atom. The van der Waals surface area contributed by atoms with Gasteiger partial charge in [0.1, 0.15) is 0 Å². The molecule has 3 atom stereocenters. The van der Waals surface area contributed by atoms with E-state index in [-0.39, 0.29) is 12.1 Å². The van der Waals surface area contributed by atoms with Crippen LogP contribution in [0.5, 0.6) is 0 Å². The maximum Gasteiger partial charge on any atom is 0.258 e. The van der Waals surface area contributed by atoms with Gasteiger partial charge in [-0.1, -0.05) is 25.0 Å². The number of nitrogens with zero attached hydrogens (tertiary/aromatic N) is 4. The summed E-state index contributed by atoms with van der Waals surface area (Å²) in [4.78, 5) is 11.5. The number of hydrogen-bond donors (Lipinski definition) is 2. The van der Waals surface area contributed by atoms with E-state index in [1.807, 2.05) is 0 Å². The molecular weight excluding hydrogens is 424 g/mol. The Bertz CT molecular complexity index is 1050. The Kier molecular flexibility index (Phi) is 5.71. The Morgan fingerprint density at radius 2 is 1.88 bits per heavy atom. The third-order valence-electron chi connectivity index (χ3n) is 6.67. The fraction of sp³-hybridized carbons (Fsp3) is 0.565. The van der Waals surface area contributed by atoms with Gasteiger partial charge in [0.15, 0.2) is 5.82 Å². The number of anilines is 2. The first-order valence-corrected chi connectivity index (χ1v) is 13.1. The van der Waals surface area contributed by atoms with Gasteiger partial charge in [-0.25, -0.2) is 17.7 Å². The summed E-state index contributed by atoms with van der Waals surface area (Å²) in [5.41, 5.74) is 2.01. The van der Waals surface area contributed by atoms with E-state index in [0.717, 1.165) is 50.8 Å². The van der Waals surface area contributed by atoms with E-state index < -0.39 is 10.0 Å². The van der Waals surface area contributed by atoms with Crippen molar-refractivity contribution in [1.82, 2.24) is 20.2 Å². The van der Waals surface area contributed by atoms with Crippen molar-refractivity contribution in [1.29, 1.82) is 0 Å². The van der Waals surface area contributed by atoms with Gasteiger partial charge < -0.3 is 15.5 Å². The van der Waals surface area contributed by atoms with Crippen LogP contribution in [0.3, 0.4) is 0 Å². The van der Waals surface area contributed by atoms with Crippen LogP contribution >= 0.6 is 0 Å². The van der Waals surface area contributed by atoms with Gasteiger partial charge in [-0.05, 0) is 45.3 Å². The van der Waals surface area contributed by atoms with Crippen LogP contribution in [0.2, 0.25) is 0 Å². The van der Waals surface area contributed by atoms with Crippen LogP contribution in [0.1, 0.15) is 51.5 Å². The topological polar surface area (TPSA) is 90.5 Å². The van der Waals surface area contributed by atoms with Crippen LogP contribution in [0.4, 0.5) is 11.8 Å². The second-order valence-corrected chi connectivity index (χ2v) is 11.1. The van der Waals surface area contributed by atoms with E-state index in [1.54, 1.807) is 12.3 Å². The third-order valence-corrected chi connectivity index (χ3v) is 8.17. The average molecular weight is 457 g/mol. The number of fused-ring (bicyclic) bond motifs is 1. The maximum atomic E-state index is 12.8. The SMILES string of the molecule is CC1CN(C2=CCC(Nc3ncc4c(n3)N(C3CCCC3)S(=O)(=O)C=C4)C=C2)CC(C)N1. The van der Waals surface area contributed by atoms with E-state index in [2.05, 4.69) is 57.6 Å². The van der Waals surface area contributed by atoms with Crippen molar-refractivity contribution < 1.29 is 8.42 Å². The number of piperazine rings is 1.